The van der Waals surface area contributed by atoms with E-state index < -0.39 is 0 Å². The van der Waals surface area contributed by atoms with Gasteiger partial charge in [-0.2, -0.15) is 5.10 Å². The molecule has 0 aromatic carbocycles. The Bertz CT molecular complexity index is 394. The number of aromatic nitrogens is 2. The highest BCUT2D eigenvalue weighted by Gasteiger charge is 2.31. The van der Waals surface area contributed by atoms with E-state index in [0.717, 1.165) is 38.0 Å². The fourth-order valence-corrected chi connectivity index (χ4v) is 3.56. The molecule has 0 aliphatic heterocycles. The molecule has 0 spiro atoms. The van der Waals surface area contributed by atoms with Crippen LogP contribution >= 0.6 is 0 Å². The van der Waals surface area contributed by atoms with Gasteiger partial charge in [-0.1, -0.05) is 33.6 Å². The van der Waals surface area contributed by atoms with E-state index >= 15 is 0 Å². The summed E-state index contributed by atoms with van der Waals surface area (Å²) < 4.78 is 2.13. The van der Waals surface area contributed by atoms with Gasteiger partial charge in [0.15, 0.2) is 0 Å². The van der Waals surface area contributed by atoms with Gasteiger partial charge in [0.1, 0.15) is 0 Å². The Kier molecular flexibility index (Phi) is 4.67. The Hall–Kier alpha value is -0.830. The number of hydrogen-bond acceptors (Lipinski definition) is 2. The molecule has 1 aromatic heterocycles. The van der Waals surface area contributed by atoms with Crippen LogP contribution in [-0.4, -0.2) is 15.3 Å². The normalized spacial score (nSPS) is 27.9. The Morgan fingerprint density at radius 1 is 1.47 bits per heavy atom. The molecule has 0 radical (unpaired) electrons. The van der Waals surface area contributed by atoms with Crippen LogP contribution in [0.3, 0.4) is 0 Å². The second-order valence-corrected chi connectivity index (χ2v) is 6.50. The van der Waals surface area contributed by atoms with Crippen molar-refractivity contribution in [3.05, 3.63) is 18.0 Å². The molecule has 0 amide bonds. The van der Waals surface area contributed by atoms with Gasteiger partial charge in [-0.25, -0.2) is 0 Å². The quantitative estimate of drug-likeness (QED) is 0.880. The van der Waals surface area contributed by atoms with E-state index in [1.807, 2.05) is 0 Å². The second kappa shape index (κ2) is 6.08. The molecule has 3 nitrogen and oxygen atoms in total. The summed E-state index contributed by atoms with van der Waals surface area (Å²) in [5, 5.41) is 4.75. The Morgan fingerprint density at radius 3 is 2.84 bits per heavy atom. The fourth-order valence-electron chi connectivity index (χ4n) is 3.56. The van der Waals surface area contributed by atoms with Gasteiger partial charge in [0.25, 0.3) is 0 Å². The number of nitrogens with two attached hydrogens (primary N) is 1. The smallest absolute Gasteiger partial charge is 0.0643 e. The maximum absolute atomic E-state index is 6.58. The van der Waals surface area contributed by atoms with Gasteiger partial charge < -0.3 is 5.73 Å². The molecule has 2 N–H and O–H groups in total. The average molecular weight is 263 g/mol. The molecule has 1 aliphatic rings. The van der Waals surface area contributed by atoms with E-state index in [-0.39, 0.29) is 5.54 Å². The third kappa shape index (κ3) is 3.59. The molecule has 2 atom stereocenters. The molecule has 1 aromatic rings. The Morgan fingerprint density at radius 2 is 2.21 bits per heavy atom. The molecule has 2 unspecified atom stereocenters. The number of rotatable bonds is 5. The van der Waals surface area contributed by atoms with Crippen LogP contribution in [0.1, 0.15) is 71.0 Å². The van der Waals surface area contributed by atoms with Crippen molar-refractivity contribution in [3.63, 3.8) is 0 Å². The number of nitrogens with zero attached hydrogens (tertiary/aromatic N) is 2. The molecule has 2 rings (SSSR count). The lowest BCUT2D eigenvalue weighted by Crippen LogP contribution is -2.46. The zero-order valence-corrected chi connectivity index (χ0v) is 12.7. The predicted molar refractivity (Wildman–Crippen MR) is 80.1 cm³/mol. The Labute approximate surface area is 117 Å². The lowest BCUT2D eigenvalue weighted by molar-refractivity contribution is 0.233. The molecule has 0 saturated heterocycles. The van der Waals surface area contributed by atoms with Crippen LogP contribution in [0.25, 0.3) is 0 Å². The number of hydrogen-bond donors (Lipinski definition) is 1. The van der Waals surface area contributed by atoms with Crippen LogP contribution in [0, 0.1) is 5.92 Å². The van der Waals surface area contributed by atoms with Gasteiger partial charge in [-0.05, 0) is 37.7 Å². The second-order valence-electron chi connectivity index (χ2n) is 6.50. The summed E-state index contributed by atoms with van der Waals surface area (Å²) in [4.78, 5) is 0. The molecular formula is C16H29N3. The van der Waals surface area contributed by atoms with Crippen molar-refractivity contribution in [1.29, 1.82) is 0 Å². The summed E-state index contributed by atoms with van der Waals surface area (Å²) >= 11 is 0. The third-order valence-electron chi connectivity index (χ3n) is 4.64. The van der Waals surface area contributed by atoms with Gasteiger partial charge >= 0.3 is 0 Å². The standard InChI is InChI=1S/C16H29N3/c1-4-15(5-2)19-10-8-14(18-19)12-16(17)9-6-7-13(3)11-16/h8,10,13,15H,4-7,9,11-12,17H2,1-3H3. The zero-order chi connectivity index (χ0) is 13.9. The van der Waals surface area contributed by atoms with Crippen molar-refractivity contribution in [2.24, 2.45) is 11.7 Å². The van der Waals surface area contributed by atoms with Crippen molar-refractivity contribution < 1.29 is 0 Å². The summed E-state index contributed by atoms with van der Waals surface area (Å²) in [5.74, 6) is 0.764. The molecule has 3 heteroatoms. The first-order valence-electron chi connectivity index (χ1n) is 7.89. The summed E-state index contributed by atoms with van der Waals surface area (Å²) in [6.45, 7) is 6.77. The first-order chi connectivity index (χ1) is 9.06. The summed E-state index contributed by atoms with van der Waals surface area (Å²) in [5.41, 5.74) is 7.73. The third-order valence-corrected chi connectivity index (χ3v) is 4.64. The largest absolute Gasteiger partial charge is 0.325 e. The van der Waals surface area contributed by atoms with Crippen molar-refractivity contribution in [3.8, 4) is 0 Å². The molecule has 19 heavy (non-hydrogen) atoms. The fraction of sp³-hybridized carbons (Fsp3) is 0.812. The van der Waals surface area contributed by atoms with Crippen molar-refractivity contribution >= 4 is 0 Å². The SMILES string of the molecule is CCC(CC)n1ccc(CC2(N)CCCC(C)C2)n1. The van der Waals surface area contributed by atoms with E-state index in [9.17, 15) is 0 Å². The van der Waals surface area contributed by atoms with Crippen LogP contribution < -0.4 is 5.73 Å². The maximum Gasteiger partial charge on any atom is 0.0643 e. The zero-order valence-electron chi connectivity index (χ0n) is 12.7. The van der Waals surface area contributed by atoms with Crippen molar-refractivity contribution in [1.82, 2.24) is 9.78 Å². The summed E-state index contributed by atoms with van der Waals surface area (Å²) in [7, 11) is 0. The first-order valence-corrected chi connectivity index (χ1v) is 7.89. The molecule has 108 valence electrons. The van der Waals surface area contributed by atoms with Crippen LogP contribution in [-0.2, 0) is 6.42 Å². The van der Waals surface area contributed by atoms with E-state index in [4.69, 9.17) is 10.8 Å². The van der Waals surface area contributed by atoms with Gasteiger partial charge in [0.2, 0.25) is 0 Å². The molecule has 1 fully saturated rings. The highest BCUT2D eigenvalue weighted by molar-refractivity contribution is 5.07. The van der Waals surface area contributed by atoms with E-state index in [0.29, 0.717) is 6.04 Å². The molecule has 1 heterocycles. The topological polar surface area (TPSA) is 43.8 Å². The van der Waals surface area contributed by atoms with Crippen LogP contribution in [0.15, 0.2) is 12.3 Å². The van der Waals surface area contributed by atoms with E-state index in [1.165, 1.54) is 18.5 Å². The minimum absolute atomic E-state index is 0.0230. The molecular weight excluding hydrogens is 234 g/mol. The van der Waals surface area contributed by atoms with Gasteiger partial charge in [0, 0.05) is 18.2 Å². The summed E-state index contributed by atoms with van der Waals surface area (Å²) in [6.07, 6.45) is 10.2. The van der Waals surface area contributed by atoms with E-state index in [2.05, 4.69) is 37.7 Å². The molecule has 1 aliphatic carbocycles. The highest BCUT2D eigenvalue weighted by Crippen LogP contribution is 2.32. The monoisotopic (exact) mass is 263 g/mol. The highest BCUT2D eigenvalue weighted by atomic mass is 15.3. The minimum Gasteiger partial charge on any atom is -0.325 e. The van der Waals surface area contributed by atoms with Gasteiger partial charge in [-0.3, -0.25) is 4.68 Å². The van der Waals surface area contributed by atoms with Gasteiger partial charge in [-0.15, -0.1) is 0 Å². The maximum atomic E-state index is 6.58. The first kappa shape index (κ1) is 14.6. The Balaban J connectivity index is 2.03. The molecule has 0 bridgehead atoms. The predicted octanol–water partition coefficient (Wildman–Crippen LogP) is 3.69. The minimum atomic E-state index is -0.0230. The van der Waals surface area contributed by atoms with Crippen molar-refractivity contribution in [2.75, 3.05) is 0 Å². The van der Waals surface area contributed by atoms with Crippen LogP contribution in [0.5, 0.6) is 0 Å². The van der Waals surface area contributed by atoms with Gasteiger partial charge in [0.05, 0.1) is 11.7 Å². The van der Waals surface area contributed by atoms with Crippen LogP contribution in [0.4, 0.5) is 0 Å². The lowest BCUT2D eigenvalue weighted by atomic mass is 9.75. The average Bonchev–Trinajstić information content (AvgIpc) is 2.78. The molecule has 1 saturated carbocycles. The van der Waals surface area contributed by atoms with Crippen molar-refractivity contribution in [2.45, 2.75) is 77.3 Å². The lowest BCUT2D eigenvalue weighted by Gasteiger charge is -2.36. The summed E-state index contributed by atoms with van der Waals surface area (Å²) in [6, 6.07) is 2.69. The van der Waals surface area contributed by atoms with E-state index in [1.54, 1.807) is 0 Å². The van der Waals surface area contributed by atoms with Crippen LogP contribution in [0.2, 0.25) is 0 Å².